The number of nitrogens with zero attached hydrogens (tertiary/aromatic N) is 2. The van der Waals surface area contributed by atoms with E-state index in [9.17, 15) is 19.8 Å². The van der Waals surface area contributed by atoms with E-state index < -0.39 is 17.6 Å². The van der Waals surface area contributed by atoms with Gasteiger partial charge in [0.25, 0.3) is 0 Å². The minimum Gasteiger partial charge on any atom is -0.464 e. The van der Waals surface area contributed by atoms with Gasteiger partial charge in [0.2, 0.25) is 0 Å². The summed E-state index contributed by atoms with van der Waals surface area (Å²) in [4.78, 5) is 27.9. The third kappa shape index (κ3) is 3.93. The van der Waals surface area contributed by atoms with Crippen LogP contribution in [0.15, 0.2) is 30.3 Å². The number of pyridine rings is 1. The fourth-order valence-corrected chi connectivity index (χ4v) is 3.33. The highest BCUT2D eigenvalue weighted by Crippen LogP contribution is 2.45. The second kappa shape index (κ2) is 7.14. The molecule has 2 aromatic rings. The Morgan fingerprint density at radius 3 is 1.75 bits per heavy atom. The summed E-state index contributed by atoms with van der Waals surface area (Å²) in [6, 6.07) is 9.28. The summed E-state index contributed by atoms with van der Waals surface area (Å²) in [6.07, 6.45) is -3.32. The Hall–Kier alpha value is -3.09. The number of aromatic nitrogens is 1. The molecule has 28 heavy (non-hydrogen) atoms. The Kier molecular flexibility index (Phi) is 5.41. The van der Waals surface area contributed by atoms with Crippen molar-refractivity contribution in [2.24, 2.45) is 0 Å². The van der Waals surface area contributed by atoms with Crippen LogP contribution >= 0.6 is 0 Å². The molecule has 0 saturated carbocycles. The molecule has 0 spiro atoms. The fraction of sp³-hybridized carbons (Fsp3) is 0.381. The van der Waals surface area contributed by atoms with E-state index in [2.05, 4.69) is 4.98 Å². The molecule has 2 rings (SSSR count). The highest BCUT2D eigenvalue weighted by molar-refractivity contribution is 6.09. The lowest BCUT2D eigenvalue weighted by molar-refractivity contribution is 0.184. The minimum atomic E-state index is -1.66. The van der Waals surface area contributed by atoms with E-state index in [1.807, 2.05) is 71.9 Å². The lowest BCUT2D eigenvalue weighted by Crippen LogP contribution is -2.37. The van der Waals surface area contributed by atoms with Crippen LogP contribution in [0.4, 0.5) is 21.1 Å². The summed E-state index contributed by atoms with van der Waals surface area (Å²) in [5, 5.41) is 18.9. The van der Waals surface area contributed by atoms with E-state index in [-0.39, 0.29) is 21.8 Å². The molecule has 1 aromatic heterocycles. The first-order valence-electron chi connectivity index (χ1n) is 8.92. The molecule has 4 N–H and O–H groups in total. The van der Waals surface area contributed by atoms with Gasteiger partial charge in [-0.05, 0) is 22.0 Å². The number of nitrogens with two attached hydrogens (primary N) is 1. The van der Waals surface area contributed by atoms with Gasteiger partial charge >= 0.3 is 12.2 Å². The SMILES string of the molecule is CC(C)(C)c1c(-c2ccccc2)nc(N(C(=O)O)C(=O)O)c(N)c1C(C)(C)C. The highest BCUT2D eigenvalue weighted by Gasteiger charge is 2.36. The number of anilines is 2. The molecule has 7 nitrogen and oxygen atoms in total. The molecule has 0 bridgehead atoms. The van der Waals surface area contributed by atoms with Crippen LogP contribution in [0.1, 0.15) is 52.7 Å². The topological polar surface area (TPSA) is 117 Å². The molecular formula is C21H27N3O4. The molecule has 7 heteroatoms. The van der Waals surface area contributed by atoms with E-state index in [4.69, 9.17) is 5.73 Å². The zero-order valence-corrected chi connectivity index (χ0v) is 17.1. The zero-order chi connectivity index (χ0) is 21.4. The molecule has 0 aliphatic heterocycles. The number of carbonyl (C=O) groups is 2. The monoisotopic (exact) mass is 385 g/mol. The molecule has 1 heterocycles. The largest absolute Gasteiger partial charge is 0.464 e. The van der Waals surface area contributed by atoms with Crippen molar-refractivity contribution >= 4 is 23.7 Å². The molecule has 0 radical (unpaired) electrons. The molecule has 0 unspecified atom stereocenters. The van der Waals surface area contributed by atoms with Crippen LogP contribution in [-0.4, -0.2) is 27.4 Å². The molecule has 0 fully saturated rings. The van der Waals surface area contributed by atoms with Crippen LogP contribution < -0.4 is 10.6 Å². The third-order valence-corrected chi connectivity index (χ3v) is 4.36. The molecule has 150 valence electrons. The van der Waals surface area contributed by atoms with Crippen molar-refractivity contribution in [3.05, 3.63) is 41.5 Å². The predicted octanol–water partition coefficient (Wildman–Crippen LogP) is 5.09. The van der Waals surface area contributed by atoms with Crippen LogP contribution in [0.3, 0.4) is 0 Å². The van der Waals surface area contributed by atoms with E-state index in [1.54, 1.807) is 0 Å². The third-order valence-electron chi connectivity index (χ3n) is 4.36. The van der Waals surface area contributed by atoms with Crippen molar-refractivity contribution in [3.8, 4) is 11.3 Å². The number of carboxylic acid groups (broad SMARTS) is 2. The minimum absolute atomic E-state index is 0.0573. The predicted molar refractivity (Wildman–Crippen MR) is 110 cm³/mol. The number of hydrogen-bond donors (Lipinski definition) is 3. The Labute approximate surface area is 164 Å². The van der Waals surface area contributed by atoms with Gasteiger partial charge in [-0.3, -0.25) is 0 Å². The molecule has 2 amide bonds. The standard InChI is InChI=1S/C21H27N3O4/c1-20(2,3)13-14(21(4,5)6)16(12-10-8-7-9-11-12)23-17(15(13)22)24(18(25)26)19(27)28/h7-11H,22H2,1-6H3,(H,25,26)(H,27,28). The van der Waals surface area contributed by atoms with E-state index in [0.29, 0.717) is 11.3 Å². The molecule has 1 aromatic carbocycles. The van der Waals surface area contributed by atoms with Gasteiger partial charge in [0.05, 0.1) is 11.4 Å². The Balaban J connectivity index is 3.08. The zero-order valence-electron chi connectivity index (χ0n) is 17.1. The first-order valence-corrected chi connectivity index (χ1v) is 8.92. The summed E-state index contributed by atoms with van der Waals surface area (Å²) >= 11 is 0. The first-order chi connectivity index (χ1) is 12.8. The maximum absolute atomic E-state index is 11.6. The first kappa shape index (κ1) is 21.2. The molecular weight excluding hydrogens is 358 g/mol. The Bertz CT molecular complexity index is 896. The maximum atomic E-state index is 11.6. The smallest absolute Gasteiger partial charge is 0.422 e. The van der Waals surface area contributed by atoms with Crippen LogP contribution in [0.25, 0.3) is 11.3 Å². The van der Waals surface area contributed by atoms with E-state index in [1.165, 1.54) is 0 Å². The number of hydrogen-bond acceptors (Lipinski definition) is 4. The lowest BCUT2D eigenvalue weighted by atomic mass is 9.73. The number of amides is 2. The molecule has 0 atom stereocenters. The van der Waals surface area contributed by atoms with Gasteiger partial charge in [-0.15, -0.1) is 0 Å². The molecule has 0 aliphatic carbocycles. The van der Waals surface area contributed by atoms with Gasteiger partial charge < -0.3 is 15.9 Å². The van der Waals surface area contributed by atoms with Gasteiger partial charge in [-0.2, -0.15) is 4.90 Å². The Morgan fingerprint density at radius 2 is 1.36 bits per heavy atom. The fourth-order valence-electron chi connectivity index (χ4n) is 3.33. The second-order valence-electron chi connectivity index (χ2n) is 8.71. The van der Waals surface area contributed by atoms with Crippen LogP contribution in [0.2, 0.25) is 0 Å². The average molecular weight is 385 g/mol. The van der Waals surface area contributed by atoms with Crippen LogP contribution in [0.5, 0.6) is 0 Å². The van der Waals surface area contributed by atoms with Crippen molar-refractivity contribution in [1.82, 2.24) is 4.98 Å². The normalized spacial score (nSPS) is 11.9. The maximum Gasteiger partial charge on any atom is 0.422 e. The van der Waals surface area contributed by atoms with Gasteiger partial charge in [0.1, 0.15) is 0 Å². The van der Waals surface area contributed by atoms with Crippen molar-refractivity contribution in [1.29, 1.82) is 0 Å². The summed E-state index contributed by atoms with van der Waals surface area (Å²) in [5.74, 6) is -0.295. The van der Waals surface area contributed by atoms with Crippen LogP contribution in [-0.2, 0) is 10.8 Å². The van der Waals surface area contributed by atoms with Crippen molar-refractivity contribution in [2.75, 3.05) is 10.6 Å². The average Bonchev–Trinajstić information content (AvgIpc) is 2.54. The Morgan fingerprint density at radius 1 is 0.893 bits per heavy atom. The lowest BCUT2D eigenvalue weighted by Gasteiger charge is -2.34. The summed E-state index contributed by atoms with van der Waals surface area (Å²) in [6.45, 7) is 11.9. The van der Waals surface area contributed by atoms with E-state index in [0.717, 1.165) is 11.1 Å². The second-order valence-corrected chi connectivity index (χ2v) is 8.71. The number of rotatable bonds is 2. The number of nitrogen functional groups attached to an aromatic ring is 1. The van der Waals surface area contributed by atoms with Crippen LogP contribution in [0, 0.1) is 0 Å². The van der Waals surface area contributed by atoms with Crippen molar-refractivity contribution < 1.29 is 19.8 Å². The summed E-state index contributed by atoms with van der Waals surface area (Å²) in [5.41, 5.74) is 8.41. The molecule has 0 saturated heterocycles. The highest BCUT2D eigenvalue weighted by atomic mass is 16.4. The van der Waals surface area contributed by atoms with Crippen molar-refractivity contribution in [3.63, 3.8) is 0 Å². The van der Waals surface area contributed by atoms with Crippen molar-refractivity contribution in [2.45, 2.75) is 52.4 Å². The van der Waals surface area contributed by atoms with Gasteiger partial charge in [-0.25, -0.2) is 14.6 Å². The van der Waals surface area contributed by atoms with E-state index >= 15 is 0 Å². The molecule has 0 aliphatic rings. The summed E-state index contributed by atoms with van der Waals surface area (Å²) < 4.78 is 0. The quantitative estimate of drug-likeness (QED) is 0.663. The number of imide groups is 1. The number of benzene rings is 1. The van der Waals surface area contributed by atoms with Gasteiger partial charge in [-0.1, -0.05) is 71.9 Å². The van der Waals surface area contributed by atoms with Gasteiger partial charge in [0, 0.05) is 5.56 Å². The van der Waals surface area contributed by atoms with Gasteiger partial charge in [0.15, 0.2) is 5.82 Å². The summed E-state index contributed by atoms with van der Waals surface area (Å²) in [7, 11) is 0.